The molecule has 1 fully saturated rings. The summed E-state index contributed by atoms with van der Waals surface area (Å²) in [4.78, 5) is 21.1. The number of ether oxygens (including phenoxy) is 1. The molecule has 1 unspecified atom stereocenters. The van der Waals surface area contributed by atoms with Crippen molar-refractivity contribution in [3.8, 4) is 5.75 Å². The van der Waals surface area contributed by atoms with E-state index in [1.165, 1.54) is 12.1 Å². The molecule has 5 nitrogen and oxygen atoms in total. The predicted octanol–water partition coefficient (Wildman–Crippen LogP) is 7.51. The minimum absolute atomic E-state index is 0.0212. The average Bonchev–Trinajstić information content (AvgIpc) is 3.16. The largest absolute Gasteiger partial charge is 0.573 e. The Kier molecular flexibility index (Phi) is 8.05. The number of nitrogens with one attached hydrogen (secondary N) is 1. The second-order valence-corrected chi connectivity index (χ2v) is 9.43. The van der Waals surface area contributed by atoms with Crippen molar-refractivity contribution >= 4 is 22.4 Å². The van der Waals surface area contributed by atoms with E-state index in [1.807, 2.05) is 44.2 Å². The fraction of sp³-hybridized carbons (Fsp3) is 0.379. The molecule has 2 aromatic carbocycles. The van der Waals surface area contributed by atoms with Crippen molar-refractivity contribution in [1.29, 1.82) is 0 Å². The summed E-state index contributed by atoms with van der Waals surface area (Å²) in [6.07, 6.45) is -1.36. The van der Waals surface area contributed by atoms with Gasteiger partial charge in [-0.05, 0) is 61.4 Å². The Morgan fingerprint density at radius 2 is 1.92 bits per heavy atom. The van der Waals surface area contributed by atoms with Crippen LogP contribution in [0.2, 0.25) is 0 Å². The molecule has 4 rings (SSSR count). The first-order chi connectivity index (χ1) is 17.7. The molecule has 0 aliphatic heterocycles. The Balaban J connectivity index is 1.62. The topological polar surface area (TPSA) is 74.7 Å². The number of aromatic nitrogens is 1. The third-order valence-corrected chi connectivity index (χ3v) is 6.75. The van der Waals surface area contributed by atoms with Gasteiger partial charge in [-0.3, -0.25) is 9.79 Å². The minimum atomic E-state index is -4.77. The van der Waals surface area contributed by atoms with Gasteiger partial charge in [0.1, 0.15) is 11.5 Å². The summed E-state index contributed by atoms with van der Waals surface area (Å²) >= 11 is 0. The highest BCUT2D eigenvalue weighted by molar-refractivity contribution is 6.24. The van der Waals surface area contributed by atoms with Crippen LogP contribution in [0.4, 0.5) is 13.2 Å². The van der Waals surface area contributed by atoms with Crippen molar-refractivity contribution in [1.82, 2.24) is 4.98 Å². The van der Waals surface area contributed by atoms with Crippen LogP contribution in [-0.2, 0) is 11.2 Å². The maximum atomic E-state index is 13.2. The number of ketones is 1. The van der Waals surface area contributed by atoms with E-state index in [0.29, 0.717) is 54.4 Å². The second-order valence-electron chi connectivity index (χ2n) is 9.43. The Hall–Kier alpha value is -3.55. The van der Waals surface area contributed by atoms with Crippen LogP contribution >= 0.6 is 0 Å². The monoisotopic (exact) mass is 512 g/mol. The lowest BCUT2D eigenvalue weighted by Crippen LogP contribution is -2.27. The highest BCUT2D eigenvalue weighted by Gasteiger charge is 2.33. The molecule has 8 heteroatoms. The molecular formula is C29H31F3N2O3. The molecule has 0 amide bonds. The Morgan fingerprint density at radius 1 is 1.16 bits per heavy atom. The SMILES string of the molecule is CCCCC(O)=C1C(=O)CC(c2ccccc2)CC1=NCCc1c(C)[nH]c2ccc(OC(F)(F)F)cc12. The van der Waals surface area contributed by atoms with E-state index in [9.17, 15) is 23.1 Å². The zero-order valence-corrected chi connectivity index (χ0v) is 21.0. The molecule has 0 bridgehead atoms. The van der Waals surface area contributed by atoms with E-state index < -0.39 is 6.36 Å². The summed E-state index contributed by atoms with van der Waals surface area (Å²) in [6, 6.07) is 14.0. The number of fused-ring (bicyclic) bond motifs is 1. The standard InChI is InChI=1S/C29H31F3N2O3/c1-3-4-10-26(35)28-25(15-20(16-27(28)36)19-8-6-5-7-9-19)33-14-13-22-18(2)34-24-12-11-21(17-23(22)24)37-29(30,31)32/h5-9,11-12,17,20,34-35H,3-4,10,13-16H2,1-2H3. The van der Waals surface area contributed by atoms with Crippen molar-refractivity contribution in [2.45, 2.75) is 64.7 Å². The van der Waals surface area contributed by atoms with Gasteiger partial charge in [0.25, 0.3) is 0 Å². The molecule has 0 spiro atoms. The number of aliphatic imine (C=N–C) groups is 1. The number of hydrogen-bond donors (Lipinski definition) is 2. The average molecular weight is 513 g/mol. The van der Waals surface area contributed by atoms with Gasteiger partial charge >= 0.3 is 6.36 Å². The number of halogens is 3. The third kappa shape index (κ3) is 6.42. The summed E-state index contributed by atoms with van der Waals surface area (Å²) in [7, 11) is 0. The number of H-pyrrole nitrogens is 1. The molecule has 0 radical (unpaired) electrons. The number of nitrogens with zero attached hydrogens (tertiary/aromatic N) is 1. The number of aryl methyl sites for hydroxylation is 1. The van der Waals surface area contributed by atoms with E-state index in [-0.39, 0.29) is 23.2 Å². The number of hydrogen-bond acceptors (Lipinski definition) is 4. The molecule has 37 heavy (non-hydrogen) atoms. The first kappa shape index (κ1) is 26.5. The molecule has 2 N–H and O–H groups in total. The van der Waals surface area contributed by atoms with Gasteiger partial charge in [0, 0.05) is 41.7 Å². The van der Waals surface area contributed by atoms with Gasteiger partial charge in [0.2, 0.25) is 0 Å². The molecule has 1 aliphatic rings. The maximum Gasteiger partial charge on any atom is 0.573 e. The first-order valence-corrected chi connectivity index (χ1v) is 12.6. The van der Waals surface area contributed by atoms with Crippen LogP contribution in [0.25, 0.3) is 10.9 Å². The van der Waals surface area contributed by atoms with Gasteiger partial charge in [-0.2, -0.15) is 0 Å². The Morgan fingerprint density at radius 3 is 2.62 bits per heavy atom. The van der Waals surface area contributed by atoms with Crippen molar-refractivity contribution in [2.75, 3.05) is 6.54 Å². The van der Waals surface area contributed by atoms with E-state index >= 15 is 0 Å². The molecular weight excluding hydrogens is 481 g/mol. The van der Waals surface area contributed by atoms with Gasteiger partial charge in [-0.25, -0.2) is 0 Å². The summed E-state index contributed by atoms with van der Waals surface area (Å²) in [5, 5.41) is 11.4. The second kappa shape index (κ2) is 11.2. The van der Waals surface area contributed by atoms with Gasteiger partial charge in [-0.15, -0.1) is 13.2 Å². The first-order valence-electron chi connectivity index (χ1n) is 12.6. The zero-order chi connectivity index (χ0) is 26.6. The highest BCUT2D eigenvalue weighted by Crippen LogP contribution is 2.34. The summed E-state index contributed by atoms with van der Waals surface area (Å²) in [5.74, 6) is -0.313. The molecule has 1 aromatic heterocycles. The van der Waals surface area contributed by atoms with Crippen LogP contribution < -0.4 is 4.74 Å². The number of aromatic amines is 1. The molecule has 1 saturated carbocycles. The number of benzene rings is 2. The van der Waals surface area contributed by atoms with Crippen LogP contribution in [0, 0.1) is 6.92 Å². The number of rotatable bonds is 8. The zero-order valence-electron chi connectivity index (χ0n) is 21.0. The number of carbonyl (C=O) groups excluding carboxylic acids is 1. The van der Waals surface area contributed by atoms with Crippen molar-refractivity contribution in [3.63, 3.8) is 0 Å². The number of allylic oxidation sites excluding steroid dienone is 2. The van der Waals surface area contributed by atoms with E-state index in [2.05, 4.69) is 9.72 Å². The number of Topliss-reactive ketones (excluding diaryl/α,β-unsaturated/α-hetero) is 1. The van der Waals surface area contributed by atoms with Crippen molar-refractivity contribution in [2.24, 2.45) is 4.99 Å². The lowest BCUT2D eigenvalue weighted by atomic mass is 9.78. The van der Waals surface area contributed by atoms with E-state index in [1.54, 1.807) is 6.07 Å². The van der Waals surface area contributed by atoms with E-state index in [4.69, 9.17) is 4.99 Å². The predicted molar refractivity (Wildman–Crippen MR) is 138 cm³/mol. The normalized spacial score (nSPS) is 19.0. The lowest BCUT2D eigenvalue weighted by molar-refractivity contribution is -0.274. The van der Waals surface area contributed by atoms with Crippen molar-refractivity contribution in [3.05, 3.63) is 76.7 Å². The number of unbranched alkanes of at least 4 members (excludes halogenated alkanes) is 1. The molecule has 3 aromatic rings. The van der Waals surface area contributed by atoms with Crippen LogP contribution in [0.3, 0.4) is 0 Å². The minimum Gasteiger partial charge on any atom is -0.511 e. The van der Waals surface area contributed by atoms with Crippen LogP contribution in [0.15, 0.2) is 64.9 Å². The summed E-state index contributed by atoms with van der Waals surface area (Å²) in [5.41, 5.74) is 4.37. The van der Waals surface area contributed by atoms with Crippen molar-refractivity contribution < 1.29 is 27.8 Å². The molecule has 1 atom stereocenters. The van der Waals surface area contributed by atoms with Crippen LogP contribution in [0.1, 0.15) is 61.8 Å². The van der Waals surface area contributed by atoms with Gasteiger partial charge in [-0.1, -0.05) is 43.7 Å². The van der Waals surface area contributed by atoms with Gasteiger partial charge in [0.15, 0.2) is 5.78 Å². The third-order valence-electron chi connectivity index (χ3n) is 6.75. The fourth-order valence-corrected chi connectivity index (χ4v) is 4.98. The molecule has 1 aliphatic carbocycles. The van der Waals surface area contributed by atoms with Gasteiger partial charge in [0.05, 0.1) is 5.57 Å². The lowest BCUT2D eigenvalue weighted by Gasteiger charge is -2.26. The fourth-order valence-electron chi connectivity index (χ4n) is 4.98. The van der Waals surface area contributed by atoms with E-state index in [0.717, 1.165) is 29.7 Å². The number of aliphatic hydroxyl groups is 1. The smallest absolute Gasteiger partial charge is 0.511 e. The summed E-state index contributed by atoms with van der Waals surface area (Å²) in [6.45, 7) is 4.22. The summed E-state index contributed by atoms with van der Waals surface area (Å²) < 4.78 is 42.3. The van der Waals surface area contributed by atoms with Crippen LogP contribution in [-0.4, -0.2) is 34.5 Å². The molecule has 196 valence electrons. The Labute approximate surface area is 214 Å². The number of alkyl halides is 3. The number of aliphatic hydroxyl groups excluding tert-OH is 1. The number of carbonyl (C=O) groups is 1. The highest BCUT2D eigenvalue weighted by atomic mass is 19.4. The quantitative estimate of drug-likeness (QED) is 0.242. The maximum absolute atomic E-state index is 13.2. The van der Waals surface area contributed by atoms with Crippen LogP contribution in [0.5, 0.6) is 5.75 Å². The Bertz CT molecular complexity index is 1320. The molecule has 1 heterocycles. The molecule has 0 saturated heterocycles. The van der Waals surface area contributed by atoms with Gasteiger partial charge < -0.3 is 14.8 Å².